The van der Waals surface area contributed by atoms with Crippen molar-refractivity contribution in [2.24, 2.45) is 4.99 Å². The van der Waals surface area contributed by atoms with Gasteiger partial charge in [0.2, 0.25) is 11.7 Å². The molecule has 7 heteroatoms. The van der Waals surface area contributed by atoms with Crippen LogP contribution >= 0.6 is 0 Å². The van der Waals surface area contributed by atoms with Gasteiger partial charge < -0.3 is 38.7 Å². The Bertz CT molecular complexity index is 1040. The van der Waals surface area contributed by atoms with Gasteiger partial charge in [0.25, 0.3) is 0 Å². The summed E-state index contributed by atoms with van der Waals surface area (Å²) in [5.74, 6) is 0.695. The Kier molecular flexibility index (Phi) is 13.7. The van der Waals surface area contributed by atoms with E-state index in [0.29, 0.717) is 23.3 Å². The molecule has 176 valence electrons. The second-order valence-electron chi connectivity index (χ2n) is 7.84. The van der Waals surface area contributed by atoms with Gasteiger partial charge in [0.05, 0.1) is 30.3 Å². The van der Waals surface area contributed by atoms with Gasteiger partial charge >= 0.3 is 17.1 Å². The summed E-state index contributed by atoms with van der Waals surface area (Å²) in [5, 5.41) is 0. The standard InChI is InChI=1S/C26H28N2O2.2BrH.Fe/c1-17(2)20-12-9-13-21(18(3)4)25(20)27-16-24(29)22-14-15-23(28-26(22)30-5)19-10-7-6-8-11-19;;;/h6-18H,1-5H3;2*1H;/q;;;+2/p-2. The number of methoxy groups -OCH3 is 1. The summed E-state index contributed by atoms with van der Waals surface area (Å²) in [6, 6.07) is 19.6. The molecule has 0 amide bonds. The third-order valence-corrected chi connectivity index (χ3v) is 5.04. The quantitative estimate of drug-likeness (QED) is 0.222. The number of nitrogens with zero attached hydrogens (tertiary/aromatic N) is 2. The minimum atomic E-state index is -0.229. The number of Topliss-reactive ketones (excluding diaryl/α,β-unsaturated/α-hetero) is 1. The van der Waals surface area contributed by atoms with E-state index in [-0.39, 0.29) is 56.8 Å². The first kappa shape index (κ1) is 31.2. The topological polar surface area (TPSA) is 51.5 Å². The van der Waals surface area contributed by atoms with E-state index in [2.05, 4.69) is 55.9 Å². The number of aromatic nitrogens is 1. The number of benzene rings is 2. The number of carbonyl (C=O) groups excluding carboxylic acids is 1. The molecule has 0 spiro atoms. The monoisotopic (exact) mass is 614 g/mol. The van der Waals surface area contributed by atoms with Gasteiger partial charge in [0.15, 0.2) is 0 Å². The van der Waals surface area contributed by atoms with Gasteiger partial charge in [-0.15, -0.1) is 0 Å². The smallest absolute Gasteiger partial charge is 1.00 e. The normalized spacial score (nSPS) is 10.4. The van der Waals surface area contributed by atoms with Crippen LogP contribution in [0.1, 0.15) is 61.0 Å². The largest absolute Gasteiger partial charge is 2.00 e. The zero-order chi connectivity index (χ0) is 21.7. The number of halogens is 2. The van der Waals surface area contributed by atoms with E-state index in [0.717, 1.165) is 28.1 Å². The van der Waals surface area contributed by atoms with Crippen LogP contribution in [0.2, 0.25) is 0 Å². The number of ketones is 1. The van der Waals surface area contributed by atoms with Gasteiger partial charge in [-0.1, -0.05) is 76.2 Å². The average Bonchev–Trinajstić information content (AvgIpc) is 2.77. The molecule has 3 rings (SSSR count). The molecule has 0 radical (unpaired) electrons. The molecule has 0 atom stereocenters. The van der Waals surface area contributed by atoms with Crippen molar-refractivity contribution < 1.29 is 60.6 Å². The fourth-order valence-corrected chi connectivity index (χ4v) is 3.41. The van der Waals surface area contributed by atoms with E-state index in [4.69, 9.17) is 4.74 Å². The maximum absolute atomic E-state index is 12.9. The molecule has 0 aliphatic heterocycles. The molecule has 0 saturated heterocycles. The number of aliphatic imine (C=N–C) groups is 1. The van der Waals surface area contributed by atoms with E-state index in [1.165, 1.54) is 13.3 Å². The van der Waals surface area contributed by atoms with Crippen LogP contribution < -0.4 is 38.7 Å². The molecule has 33 heavy (non-hydrogen) atoms. The maximum atomic E-state index is 12.9. The molecule has 0 bridgehead atoms. The Labute approximate surface area is 228 Å². The van der Waals surface area contributed by atoms with Crippen LogP contribution in [0, 0.1) is 0 Å². The summed E-state index contributed by atoms with van der Waals surface area (Å²) in [6.07, 6.45) is 1.38. The van der Waals surface area contributed by atoms with Crippen LogP contribution in [-0.2, 0) is 17.1 Å². The van der Waals surface area contributed by atoms with Gasteiger partial charge in [-0.05, 0) is 35.1 Å². The summed E-state index contributed by atoms with van der Waals surface area (Å²) in [6.45, 7) is 8.54. The van der Waals surface area contributed by atoms with E-state index in [1.54, 1.807) is 6.07 Å². The Morgan fingerprint density at radius 2 is 1.45 bits per heavy atom. The van der Waals surface area contributed by atoms with E-state index in [9.17, 15) is 4.79 Å². The zero-order valence-electron chi connectivity index (χ0n) is 19.3. The SMILES string of the molecule is COc1nc(-c2ccccc2)ccc1C(=O)C=Nc1c(C(C)C)cccc1C(C)C.[Br-].[Br-].[Fe+2]. The predicted octanol–water partition coefficient (Wildman–Crippen LogP) is 0.595. The Morgan fingerprint density at radius 3 is 1.97 bits per heavy atom. The van der Waals surface area contributed by atoms with Gasteiger partial charge in [0.1, 0.15) is 0 Å². The van der Waals surface area contributed by atoms with Crippen molar-refractivity contribution >= 4 is 17.7 Å². The van der Waals surface area contributed by atoms with Crippen molar-refractivity contribution in [1.29, 1.82) is 0 Å². The Balaban J connectivity index is 0.00000341. The summed E-state index contributed by atoms with van der Waals surface area (Å²) in [7, 11) is 1.52. The third kappa shape index (κ3) is 7.61. The second kappa shape index (κ2) is 14.5. The number of rotatable bonds is 7. The molecular weight excluding hydrogens is 588 g/mol. The summed E-state index contributed by atoms with van der Waals surface area (Å²) < 4.78 is 5.41. The summed E-state index contributed by atoms with van der Waals surface area (Å²) in [4.78, 5) is 22.1. The first-order valence-electron chi connectivity index (χ1n) is 10.2. The molecule has 3 aromatic rings. The van der Waals surface area contributed by atoms with Gasteiger partial charge in [0, 0.05) is 5.56 Å². The summed E-state index contributed by atoms with van der Waals surface area (Å²) in [5.41, 5.74) is 5.27. The van der Waals surface area contributed by atoms with Crippen LogP contribution in [0.4, 0.5) is 5.69 Å². The zero-order valence-corrected chi connectivity index (χ0v) is 23.6. The summed E-state index contributed by atoms with van der Waals surface area (Å²) >= 11 is 0. The second-order valence-corrected chi connectivity index (χ2v) is 7.84. The van der Waals surface area contributed by atoms with Crippen molar-refractivity contribution in [1.82, 2.24) is 4.98 Å². The first-order chi connectivity index (χ1) is 14.4. The molecule has 0 unspecified atom stereocenters. The van der Waals surface area contributed by atoms with Crippen LogP contribution in [0.15, 0.2) is 65.7 Å². The van der Waals surface area contributed by atoms with Crippen molar-refractivity contribution in [3.63, 3.8) is 0 Å². The van der Waals surface area contributed by atoms with Crippen molar-refractivity contribution in [3.05, 3.63) is 77.4 Å². The van der Waals surface area contributed by atoms with Gasteiger partial charge in [-0.3, -0.25) is 9.79 Å². The molecule has 0 aliphatic carbocycles. The molecule has 0 aliphatic rings. The van der Waals surface area contributed by atoms with Crippen molar-refractivity contribution in [2.75, 3.05) is 7.11 Å². The van der Waals surface area contributed by atoms with Gasteiger partial charge in [-0.25, -0.2) is 4.98 Å². The maximum Gasteiger partial charge on any atom is 2.00 e. The molecule has 0 saturated carbocycles. The number of carbonyl (C=O) groups is 1. The van der Waals surface area contributed by atoms with E-state index < -0.39 is 0 Å². The molecule has 4 nitrogen and oxygen atoms in total. The van der Waals surface area contributed by atoms with Crippen LogP contribution in [0.3, 0.4) is 0 Å². The fourth-order valence-electron chi connectivity index (χ4n) is 3.41. The van der Waals surface area contributed by atoms with E-state index in [1.807, 2.05) is 36.4 Å². The molecule has 0 N–H and O–H groups in total. The number of pyridine rings is 1. The number of ether oxygens (including phenoxy) is 1. The Morgan fingerprint density at radius 1 is 0.879 bits per heavy atom. The number of hydrogen-bond donors (Lipinski definition) is 0. The van der Waals surface area contributed by atoms with E-state index >= 15 is 0 Å². The van der Waals surface area contributed by atoms with Crippen LogP contribution in [0.25, 0.3) is 11.3 Å². The minimum Gasteiger partial charge on any atom is -1.00 e. The average molecular weight is 616 g/mol. The molecule has 1 heterocycles. The fraction of sp³-hybridized carbons (Fsp3) is 0.269. The Hall–Kier alpha value is -1.79. The predicted molar refractivity (Wildman–Crippen MR) is 123 cm³/mol. The van der Waals surface area contributed by atoms with Crippen LogP contribution in [0.5, 0.6) is 5.88 Å². The van der Waals surface area contributed by atoms with Crippen molar-refractivity contribution in [3.8, 4) is 17.1 Å². The molecular formula is C26H28Br2FeN2O2. The molecule has 1 aromatic heterocycles. The van der Waals surface area contributed by atoms with Crippen LogP contribution in [-0.4, -0.2) is 24.1 Å². The first-order valence-corrected chi connectivity index (χ1v) is 10.2. The number of para-hydroxylation sites is 1. The minimum absolute atomic E-state index is 0. The van der Waals surface area contributed by atoms with Gasteiger partial charge in [-0.2, -0.15) is 0 Å². The third-order valence-electron chi connectivity index (χ3n) is 5.04. The number of hydrogen-bond acceptors (Lipinski definition) is 4. The molecule has 2 aromatic carbocycles. The molecule has 0 fully saturated rings. The van der Waals surface area contributed by atoms with Crippen molar-refractivity contribution in [2.45, 2.75) is 39.5 Å².